The number of nitrogens with zero attached hydrogens (tertiary/aromatic N) is 3. The molecule has 4 heterocycles. The van der Waals surface area contributed by atoms with E-state index in [2.05, 4.69) is 174 Å². The Morgan fingerprint density at radius 2 is 1.16 bits per heavy atom. The number of fused-ring (bicyclic) bond motifs is 4. The molecule has 0 aromatic heterocycles. The molecule has 0 bridgehead atoms. The van der Waals surface area contributed by atoms with Crippen molar-refractivity contribution >= 4 is 32.8 Å². The van der Waals surface area contributed by atoms with Crippen LogP contribution in [0.4, 0.5) is 0 Å². The lowest BCUT2D eigenvalue weighted by atomic mass is 9.91. The van der Waals surface area contributed by atoms with E-state index in [0.29, 0.717) is 12.1 Å². The first kappa shape index (κ1) is 28.3. The highest BCUT2D eigenvalue weighted by Crippen LogP contribution is 2.56. The van der Waals surface area contributed by atoms with Crippen LogP contribution >= 0.6 is 0 Å². The second-order valence-electron chi connectivity index (χ2n) is 14.3. The van der Waals surface area contributed by atoms with Crippen LogP contribution in [0.5, 0.6) is 0 Å². The third-order valence-corrected chi connectivity index (χ3v) is 11.4. The fraction of sp³-hybridized carbons (Fsp3) is 0.128. The Hall–Kier alpha value is -5.61. The average molecular weight is 642 g/mol. The van der Waals surface area contributed by atoms with Crippen LogP contribution in [-0.4, -0.2) is 40.7 Å². The molecule has 6 unspecified atom stereocenters. The molecule has 2 fully saturated rings. The summed E-state index contributed by atoms with van der Waals surface area (Å²) in [5.74, 6) is 0. The van der Waals surface area contributed by atoms with Gasteiger partial charge in [0.05, 0.1) is 17.8 Å². The van der Waals surface area contributed by atoms with Crippen molar-refractivity contribution in [2.75, 3.05) is 13.1 Å². The van der Waals surface area contributed by atoms with E-state index in [4.69, 9.17) is 4.99 Å². The fourth-order valence-electron chi connectivity index (χ4n) is 8.69. The van der Waals surface area contributed by atoms with Crippen molar-refractivity contribution in [2.24, 2.45) is 4.99 Å². The summed E-state index contributed by atoms with van der Waals surface area (Å²) in [5.41, 5.74) is 12.9. The van der Waals surface area contributed by atoms with Crippen LogP contribution in [0, 0.1) is 0 Å². The zero-order valence-corrected chi connectivity index (χ0v) is 27.7. The predicted molar refractivity (Wildman–Crippen MR) is 206 cm³/mol. The van der Waals surface area contributed by atoms with Crippen LogP contribution in [0.3, 0.4) is 0 Å². The maximum atomic E-state index is 5.36. The van der Waals surface area contributed by atoms with E-state index in [1.165, 1.54) is 83.9 Å². The van der Waals surface area contributed by atoms with Crippen molar-refractivity contribution in [2.45, 2.75) is 24.3 Å². The maximum Gasteiger partial charge on any atom is 0.129 e. The summed E-state index contributed by atoms with van der Waals surface area (Å²) in [5, 5.41) is 5.21. The van der Waals surface area contributed by atoms with E-state index in [1.807, 2.05) is 0 Å². The van der Waals surface area contributed by atoms with E-state index < -0.39 is 0 Å². The summed E-state index contributed by atoms with van der Waals surface area (Å²) >= 11 is 0. The van der Waals surface area contributed by atoms with Crippen LogP contribution < -0.4 is 0 Å². The van der Waals surface area contributed by atoms with Gasteiger partial charge in [-0.25, -0.2) is 0 Å². The second kappa shape index (κ2) is 10.9. The Morgan fingerprint density at radius 1 is 0.500 bits per heavy atom. The van der Waals surface area contributed by atoms with Crippen molar-refractivity contribution in [3.05, 3.63) is 186 Å². The number of hydrogen-bond acceptors (Lipinski definition) is 3. The molecule has 4 aliphatic heterocycles. The number of rotatable bonds is 6. The zero-order valence-electron chi connectivity index (χ0n) is 27.7. The van der Waals surface area contributed by atoms with Gasteiger partial charge in [0.1, 0.15) is 6.17 Å². The van der Waals surface area contributed by atoms with Gasteiger partial charge in [0.25, 0.3) is 0 Å². The first-order chi connectivity index (χ1) is 24.8. The third kappa shape index (κ3) is 4.55. The quantitative estimate of drug-likeness (QED) is 0.168. The smallest absolute Gasteiger partial charge is 0.129 e. The zero-order chi connectivity index (χ0) is 32.8. The van der Waals surface area contributed by atoms with Crippen LogP contribution in [-0.2, 0) is 0 Å². The van der Waals surface area contributed by atoms with Gasteiger partial charge in [-0.1, -0.05) is 158 Å². The minimum atomic E-state index is -0.00530. The minimum absolute atomic E-state index is 0.00530. The molecular weight excluding hydrogens is 607 g/mol. The molecule has 0 aliphatic carbocycles. The Kier molecular flexibility index (Phi) is 6.19. The van der Waals surface area contributed by atoms with Gasteiger partial charge in [0.2, 0.25) is 0 Å². The van der Waals surface area contributed by atoms with E-state index in [1.54, 1.807) is 0 Å². The highest BCUT2D eigenvalue weighted by atomic mass is 15.5. The average Bonchev–Trinajstić information content (AvgIpc) is 4.02. The van der Waals surface area contributed by atoms with Gasteiger partial charge in [-0.15, -0.1) is 0 Å². The Morgan fingerprint density at radius 3 is 1.94 bits per heavy atom. The van der Waals surface area contributed by atoms with Crippen molar-refractivity contribution in [1.29, 1.82) is 0 Å². The lowest BCUT2D eigenvalue weighted by Gasteiger charge is -2.16. The molecule has 0 radical (unpaired) electrons. The first-order valence-electron chi connectivity index (χ1n) is 17.8. The van der Waals surface area contributed by atoms with Gasteiger partial charge in [-0.3, -0.25) is 14.8 Å². The molecule has 4 aliphatic rings. The van der Waals surface area contributed by atoms with Crippen LogP contribution in [0.25, 0.3) is 49.4 Å². The van der Waals surface area contributed by atoms with Gasteiger partial charge in [-0.2, -0.15) is 0 Å². The van der Waals surface area contributed by atoms with Gasteiger partial charge in [0.15, 0.2) is 0 Å². The maximum absolute atomic E-state index is 5.36. The molecule has 3 heteroatoms. The van der Waals surface area contributed by atoms with E-state index in [-0.39, 0.29) is 12.2 Å². The molecular formula is C47H35N3. The summed E-state index contributed by atoms with van der Waals surface area (Å²) in [6.07, 6.45) is 2.46. The summed E-state index contributed by atoms with van der Waals surface area (Å²) in [4.78, 5) is 10.5. The molecule has 0 amide bonds. The molecule has 0 spiro atoms. The van der Waals surface area contributed by atoms with Crippen molar-refractivity contribution in [3.8, 4) is 22.3 Å². The summed E-state index contributed by atoms with van der Waals surface area (Å²) < 4.78 is 0. The molecule has 238 valence electrons. The van der Waals surface area contributed by atoms with Crippen LogP contribution in [0.1, 0.15) is 34.5 Å². The monoisotopic (exact) mass is 641 g/mol. The summed E-state index contributed by atoms with van der Waals surface area (Å²) in [6, 6.07) is 59.3. The lowest BCUT2D eigenvalue weighted by Crippen LogP contribution is -2.08. The number of hydrogen-bond donors (Lipinski definition) is 0. The molecule has 50 heavy (non-hydrogen) atoms. The van der Waals surface area contributed by atoms with Crippen molar-refractivity contribution in [1.82, 2.24) is 9.80 Å². The molecule has 11 rings (SSSR count). The topological polar surface area (TPSA) is 18.4 Å². The number of aliphatic imine (C=N–C) groups is 1. The molecule has 3 nitrogen and oxygen atoms in total. The largest absolute Gasteiger partial charge is 0.289 e. The van der Waals surface area contributed by atoms with Gasteiger partial charge < -0.3 is 0 Å². The van der Waals surface area contributed by atoms with Gasteiger partial charge in [-0.05, 0) is 77.7 Å². The molecule has 2 saturated heterocycles. The molecule has 6 atom stereocenters. The van der Waals surface area contributed by atoms with Crippen LogP contribution in [0.15, 0.2) is 169 Å². The SMILES string of the molecule is C1=C(c2ccc(-c3ccc(C4C5C(c6ccccc6)=NC(c6ccc(-c7ccc8ccccc8c7)cc6)N54)cc3)c3ccccc23)CN2CC12. The fourth-order valence-corrected chi connectivity index (χ4v) is 8.69. The number of benzene rings is 7. The van der Waals surface area contributed by atoms with Gasteiger partial charge in [0, 0.05) is 19.1 Å². The predicted octanol–water partition coefficient (Wildman–Crippen LogP) is 10.3. The molecule has 0 N–H and O–H groups in total. The first-order valence-corrected chi connectivity index (χ1v) is 17.8. The van der Waals surface area contributed by atoms with Crippen molar-refractivity contribution < 1.29 is 0 Å². The highest BCUT2D eigenvalue weighted by Gasteiger charge is 2.59. The van der Waals surface area contributed by atoms with E-state index in [0.717, 1.165) is 6.54 Å². The third-order valence-electron chi connectivity index (χ3n) is 11.4. The Labute approximate surface area is 292 Å². The van der Waals surface area contributed by atoms with Crippen LogP contribution in [0.2, 0.25) is 0 Å². The normalized spacial score (nSPS) is 24.5. The van der Waals surface area contributed by atoms with E-state index >= 15 is 0 Å². The summed E-state index contributed by atoms with van der Waals surface area (Å²) in [7, 11) is 0. The highest BCUT2D eigenvalue weighted by molar-refractivity contribution is 6.08. The Bertz CT molecular complexity index is 2510. The minimum Gasteiger partial charge on any atom is -0.289 e. The molecule has 0 saturated carbocycles. The van der Waals surface area contributed by atoms with Gasteiger partial charge >= 0.3 is 0 Å². The standard InChI is InChI=1S/C47H35N3/c1-2-9-33(10-3-1)44-46-45(50(46)47(48-44)35-21-14-31(15-22-35)37-23-16-30-8-4-5-11-36(30)26-37)34-19-17-32(18-20-34)40-24-25-41(38-27-39-29-49(39)28-38)43-13-7-6-12-42(40)43/h1-27,39,45-47H,28-29H2. The Balaban J connectivity index is 0.909. The van der Waals surface area contributed by atoms with Crippen molar-refractivity contribution in [3.63, 3.8) is 0 Å². The van der Waals surface area contributed by atoms with E-state index in [9.17, 15) is 0 Å². The summed E-state index contributed by atoms with van der Waals surface area (Å²) in [6.45, 7) is 2.30. The molecule has 7 aromatic rings. The lowest BCUT2D eigenvalue weighted by molar-refractivity contribution is 0.404. The molecule has 7 aromatic carbocycles. The second-order valence-corrected chi connectivity index (χ2v) is 14.3.